The summed E-state index contributed by atoms with van der Waals surface area (Å²) in [5.74, 6) is 0.611. The van der Waals surface area contributed by atoms with Gasteiger partial charge in [0, 0.05) is 19.1 Å². The predicted octanol–water partition coefficient (Wildman–Crippen LogP) is -0.112. The van der Waals surface area contributed by atoms with Gasteiger partial charge in [0.15, 0.2) is 0 Å². The lowest BCUT2D eigenvalue weighted by Crippen LogP contribution is -2.54. The average molecular weight is 211 g/mol. The molecule has 2 fully saturated rings. The van der Waals surface area contributed by atoms with Crippen LogP contribution in [0.25, 0.3) is 0 Å². The fourth-order valence-electron chi connectivity index (χ4n) is 2.59. The van der Waals surface area contributed by atoms with Crippen molar-refractivity contribution in [3.8, 4) is 0 Å². The second kappa shape index (κ2) is 4.49. The van der Waals surface area contributed by atoms with Crippen LogP contribution in [0.1, 0.15) is 19.3 Å². The van der Waals surface area contributed by atoms with Crippen molar-refractivity contribution >= 4 is 5.91 Å². The van der Waals surface area contributed by atoms with E-state index in [2.05, 4.69) is 11.9 Å². The predicted molar refractivity (Wildman–Crippen MR) is 59.4 cm³/mol. The van der Waals surface area contributed by atoms with Crippen molar-refractivity contribution in [1.29, 1.82) is 0 Å². The molecule has 2 saturated heterocycles. The first-order chi connectivity index (χ1) is 7.22. The lowest BCUT2D eigenvalue weighted by molar-refractivity contribution is -0.143. The van der Waals surface area contributed by atoms with Gasteiger partial charge in [-0.15, -0.1) is 0 Å². The van der Waals surface area contributed by atoms with E-state index in [9.17, 15) is 4.79 Å². The van der Waals surface area contributed by atoms with Gasteiger partial charge in [-0.25, -0.2) is 0 Å². The summed E-state index contributed by atoms with van der Waals surface area (Å²) in [5, 5.41) is 0. The Kier molecular flexibility index (Phi) is 3.26. The maximum atomic E-state index is 12.1. The van der Waals surface area contributed by atoms with Crippen LogP contribution in [0.4, 0.5) is 0 Å². The summed E-state index contributed by atoms with van der Waals surface area (Å²) >= 11 is 0. The molecule has 2 unspecified atom stereocenters. The van der Waals surface area contributed by atoms with E-state index in [4.69, 9.17) is 5.73 Å². The maximum Gasteiger partial charge on any atom is 0.227 e. The molecule has 2 aliphatic rings. The second-order valence-electron chi connectivity index (χ2n) is 4.80. The highest BCUT2D eigenvalue weighted by Gasteiger charge is 2.37. The van der Waals surface area contributed by atoms with Gasteiger partial charge in [-0.05, 0) is 39.4 Å². The first kappa shape index (κ1) is 10.9. The van der Waals surface area contributed by atoms with Crippen molar-refractivity contribution in [2.45, 2.75) is 25.3 Å². The van der Waals surface area contributed by atoms with Gasteiger partial charge in [0.05, 0.1) is 5.92 Å². The summed E-state index contributed by atoms with van der Waals surface area (Å²) in [6.45, 7) is 3.64. The van der Waals surface area contributed by atoms with Crippen molar-refractivity contribution in [2.24, 2.45) is 11.7 Å². The molecule has 2 rings (SSSR count). The Labute approximate surface area is 91.4 Å². The number of rotatable bonds is 3. The Hall–Kier alpha value is -0.610. The van der Waals surface area contributed by atoms with E-state index >= 15 is 0 Å². The van der Waals surface area contributed by atoms with E-state index in [0.29, 0.717) is 18.5 Å². The normalized spacial score (nSPS) is 31.7. The fraction of sp³-hybridized carbons (Fsp3) is 0.909. The standard InChI is InChI=1S/C11H21N3O/c1-13-6-3-9(8-13)11(15)14-7-4-10(14)2-5-12/h9-10H,2-8,12H2,1H3. The summed E-state index contributed by atoms with van der Waals surface area (Å²) in [5.41, 5.74) is 5.53. The Bertz CT molecular complexity index is 244. The van der Waals surface area contributed by atoms with Crippen LogP contribution in [0.2, 0.25) is 0 Å². The minimum atomic E-state index is 0.246. The number of hydrogen-bond acceptors (Lipinski definition) is 3. The zero-order valence-corrected chi connectivity index (χ0v) is 9.48. The largest absolute Gasteiger partial charge is 0.339 e. The molecule has 0 spiro atoms. The third kappa shape index (κ3) is 2.16. The average Bonchev–Trinajstić information content (AvgIpc) is 2.59. The zero-order chi connectivity index (χ0) is 10.8. The van der Waals surface area contributed by atoms with Crippen LogP contribution >= 0.6 is 0 Å². The molecule has 0 saturated carbocycles. The molecule has 4 nitrogen and oxygen atoms in total. The number of likely N-dealkylation sites (tertiary alicyclic amines) is 2. The van der Waals surface area contributed by atoms with Crippen LogP contribution in [-0.2, 0) is 4.79 Å². The van der Waals surface area contributed by atoms with Crippen molar-refractivity contribution < 1.29 is 4.79 Å². The minimum absolute atomic E-state index is 0.246. The number of hydrogen-bond donors (Lipinski definition) is 1. The van der Waals surface area contributed by atoms with Crippen LogP contribution in [0.3, 0.4) is 0 Å². The third-order valence-corrected chi connectivity index (χ3v) is 3.67. The highest BCUT2D eigenvalue weighted by Crippen LogP contribution is 2.25. The van der Waals surface area contributed by atoms with Crippen molar-refractivity contribution in [1.82, 2.24) is 9.80 Å². The first-order valence-electron chi connectivity index (χ1n) is 5.91. The molecule has 0 aromatic heterocycles. The Balaban J connectivity index is 1.85. The molecule has 0 aromatic carbocycles. The van der Waals surface area contributed by atoms with E-state index < -0.39 is 0 Å². The Morgan fingerprint density at radius 1 is 1.40 bits per heavy atom. The zero-order valence-electron chi connectivity index (χ0n) is 9.48. The molecule has 0 aromatic rings. The van der Waals surface area contributed by atoms with Crippen LogP contribution < -0.4 is 5.73 Å². The lowest BCUT2D eigenvalue weighted by atomic mass is 9.96. The van der Waals surface area contributed by atoms with Gasteiger partial charge in [-0.1, -0.05) is 0 Å². The molecular weight excluding hydrogens is 190 g/mol. The molecule has 86 valence electrons. The molecule has 0 bridgehead atoms. The highest BCUT2D eigenvalue weighted by atomic mass is 16.2. The van der Waals surface area contributed by atoms with Gasteiger partial charge < -0.3 is 15.5 Å². The fourth-order valence-corrected chi connectivity index (χ4v) is 2.59. The summed E-state index contributed by atoms with van der Waals surface area (Å²) in [7, 11) is 2.08. The molecule has 15 heavy (non-hydrogen) atoms. The van der Waals surface area contributed by atoms with Gasteiger partial charge >= 0.3 is 0 Å². The highest BCUT2D eigenvalue weighted by molar-refractivity contribution is 5.80. The summed E-state index contributed by atoms with van der Waals surface area (Å²) in [4.78, 5) is 16.4. The van der Waals surface area contributed by atoms with Gasteiger partial charge in [-0.2, -0.15) is 0 Å². The van der Waals surface area contributed by atoms with Crippen LogP contribution in [0.5, 0.6) is 0 Å². The monoisotopic (exact) mass is 211 g/mol. The minimum Gasteiger partial charge on any atom is -0.339 e. The summed E-state index contributed by atoms with van der Waals surface area (Å²) in [6.07, 6.45) is 3.14. The quantitative estimate of drug-likeness (QED) is 0.708. The molecule has 4 heteroatoms. The molecule has 0 radical (unpaired) electrons. The SMILES string of the molecule is CN1CCC(C(=O)N2CCC2CCN)C1. The number of carbonyl (C=O) groups excluding carboxylic acids is 1. The second-order valence-corrected chi connectivity index (χ2v) is 4.80. The Morgan fingerprint density at radius 2 is 2.20 bits per heavy atom. The van der Waals surface area contributed by atoms with Gasteiger partial charge in [0.25, 0.3) is 0 Å². The van der Waals surface area contributed by atoms with E-state index in [1.165, 1.54) is 0 Å². The summed E-state index contributed by atoms with van der Waals surface area (Å²) < 4.78 is 0. The topological polar surface area (TPSA) is 49.6 Å². The van der Waals surface area contributed by atoms with Gasteiger partial charge in [0.1, 0.15) is 0 Å². The van der Waals surface area contributed by atoms with Crippen LogP contribution in [0.15, 0.2) is 0 Å². The van der Waals surface area contributed by atoms with E-state index in [1.807, 2.05) is 4.90 Å². The number of nitrogens with two attached hydrogens (primary N) is 1. The molecule has 1 amide bonds. The molecule has 2 atom stereocenters. The molecule has 2 heterocycles. The molecule has 0 aliphatic carbocycles. The maximum absolute atomic E-state index is 12.1. The van der Waals surface area contributed by atoms with Crippen molar-refractivity contribution in [3.63, 3.8) is 0 Å². The van der Waals surface area contributed by atoms with E-state index in [0.717, 1.165) is 38.9 Å². The van der Waals surface area contributed by atoms with Crippen LogP contribution in [0, 0.1) is 5.92 Å². The number of amides is 1. The van der Waals surface area contributed by atoms with Gasteiger partial charge in [0.2, 0.25) is 5.91 Å². The number of carbonyl (C=O) groups is 1. The molecule has 2 aliphatic heterocycles. The smallest absolute Gasteiger partial charge is 0.227 e. The van der Waals surface area contributed by atoms with Gasteiger partial charge in [-0.3, -0.25) is 4.79 Å². The van der Waals surface area contributed by atoms with Crippen molar-refractivity contribution in [2.75, 3.05) is 33.2 Å². The van der Waals surface area contributed by atoms with Crippen molar-refractivity contribution in [3.05, 3.63) is 0 Å². The third-order valence-electron chi connectivity index (χ3n) is 3.67. The lowest BCUT2D eigenvalue weighted by Gasteiger charge is -2.42. The summed E-state index contributed by atoms with van der Waals surface area (Å²) in [6, 6.07) is 0.438. The van der Waals surface area contributed by atoms with Crippen LogP contribution in [-0.4, -0.2) is 55.0 Å². The van der Waals surface area contributed by atoms with E-state index in [-0.39, 0.29) is 5.92 Å². The molecular formula is C11H21N3O. The number of nitrogens with zero attached hydrogens (tertiary/aromatic N) is 2. The van der Waals surface area contributed by atoms with E-state index in [1.54, 1.807) is 0 Å². The first-order valence-corrected chi connectivity index (χ1v) is 5.91. The Morgan fingerprint density at radius 3 is 2.67 bits per heavy atom. The molecule has 2 N–H and O–H groups in total.